The minimum Gasteiger partial charge on any atom is -0.503 e. The number of aryl methyl sites for hydroxylation is 1. The number of amides is 1. The van der Waals surface area contributed by atoms with E-state index in [0.29, 0.717) is 30.2 Å². The molecule has 0 aliphatic carbocycles. The number of aromatic hydroxyl groups is 4. The molecule has 41 heavy (non-hydrogen) atoms. The molecule has 2 aromatic carbocycles. The van der Waals surface area contributed by atoms with Crippen LogP contribution in [-0.4, -0.2) is 72.8 Å². The Labute approximate surface area is 233 Å². The molecule has 0 radical (unpaired) electrons. The number of ketones is 1. The van der Waals surface area contributed by atoms with Gasteiger partial charge in [0.2, 0.25) is 5.95 Å². The zero-order valence-corrected chi connectivity index (χ0v) is 22.2. The van der Waals surface area contributed by atoms with Gasteiger partial charge < -0.3 is 40.1 Å². The van der Waals surface area contributed by atoms with Crippen LogP contribution in [0.25, 0.3) is 11.1 Å². The Hall–Kier alpha value is -5.33. The number of Topliss-reactive ketones (excluding diaryl/α,β-unsaturated/α-hetero) is 1. The van der Waals surface area contributed by atoms with Crippen LogP contribution >= 0.6 is 0 Å². The van der Waals surface area contributed by atoms with Crippen molar-refractivity contribution in [2.75, 3.05) is 41.3 Å². The highest BCUT2D eigenvalue weighted by Crippen LogP contribution is 2.54. The van der Waals surface area contributed by atoms with Crippen LogP contribution in [0.1, 0.15) is 16.2 Å². The summed E-state index contributed by atoms with van der Waals surface area (Å²) in [5.74, 6) is -5.87. The van der Waals surface area contributed by atoms with Crippen molar-refractivity contribution in [1.29, 1.82) is 0 Å². The van der Waals surface area contributed by atoms with Crippen LogP contribution in [0.2, 0.25) is 0 Å². The molecule has 3 heterocycles. The van der Waals surface area contributed by atoms with E-state index in [-0.39, 0.29) is 24.5 Å². The summed E-state index contributed by atoms with van der Waals surface area (Å²) in [5.41, 5.74) is 1.06. The van der Waals surface area contributed by atoms with Crippen molar-refractivity contribution >= 4 is 29.0 Å². The second-order valence-electron chi connectivity index (χ2n) is 9.55. The number of hydrogen-bond acceptors (Lipinski definition) is 10. The lowest BCUT2D eigenvalue weighted by molar-refractivity contribution is -0.112. The number of nitrogens with zero attached hydrogens (tertiary/aromatic N) is 5. The van der Waals surface area contributed by atoms with E-state index in [4.69, 9.17) is 0 Å². The van der Waals surface area contributed by atoms with Crippen LogP contribution in [-0.2, 0) is 11.8 Å². The fraction of sp³-hybridized carbons (Fsp3) is 0.214. The molecule has 2 aromatic heterocycles. The molecule has 0 spiro atoms. The van der Waals surface area contributed by atoms with Crippen molar-refractivity contribution in [2.24, 2.45) is 7.05 Å². The van der Waals surface area contributed by atoms with Crippen molar-refractivity contribution < 1.29 is 34.4 Å². The molecular formula is C28H27FN6O6. The molecule has 212 valence electrons. The number of carbonyl (C=O) groups is 2. The van der Waals surface area contributed by atoms with Gasteiger partial charge in [-0.15, -0.1) is 0 Å². The number of rotatable bonds is 6. The second-order valence-corrected chi connectivity index (χ2v) is 9.55. The number of aromatic nitrogens is 3. The zero-order valence-electron chi connectivity index (χ0n) is 22.2. The summed E-state index contributed by atoms with van der Waals surface area (Å²) in [7, 11) is 1.63. The van der Waals surface area contributed by atoms with Crippen LogP contribution in [0, 0.1) is 12.7 Å². The molecule has 0 saturated carbocycles. The third-order valence-corrected chi connectivity index (χ3v) is 7.07. The summed E-state index contributed by atoms with van der Waals surface area (Å²) in [6.45, 7) is 2.83. The van der Waals surface area contributed by atoms with Gasteiger partial charge in [-0.3, -0.25) is 9.59 Å². The first-order chi connectivity index (χ1) is 19.6. The van der Waals surface area contributed by atoms with E-state index in [1.807, 2.05) is 6.07 Å². The van der Waals surface area contributed by atoms with E-state index in [0.717, 1.165) is 18.1 Å². The molecular weight excluding hydrogens is 535 g/mol. The van der Waals surface area contributed by atoms with Gasteiger partial charge in [-0.25, -0.2) is 14.4 Å². The van der Waals surface area contributed by atoms with Crippen molar-refractivity contribution in [3.63, 3.8) is 0 Å². The molecule has 0 atom stereocenters. The van der Waals surface area contributed by atoms with Gasteiger partial charge in [0.1, 0.15) is 17.1 Å². The highest BCUT2D eigenvalue weighted by molar-refractivity contribution is 6.47. The van der Waals surface area contributed by atoms with Gasteiger partial charge in [0.25, 0.3) is 11.7 Å². The number of nitrogens with one attached hydrogen (secondary N) is 1. The van der Waals surface area contributed by atoms with E-state index in [1.54, 1.807) is 53.8 Å². The van der Waals surface area contributed by atoms with Crippen LogP contribution < -0.4 is 15.1 Å². The molecule has 0 bridgehead atoms. The molecule has 1 fully saturated rings. The minimum absolute atomic E-state index is 0.0817. The lowest BCUT2D eigenvalue weighted by atomic mass is 10.0. The van der Waals surface area contributed by atoms with Gasteiger partial charge in [-0.05, 0) is 18.6 Å². The summed E-state index contributed by atoms with van der Waals surface area (Å²) >= 11 is 0. The van der Waals surface area contributed by atoms with Gasteiger partial charge in [-0.2, -0.15) is 0 Å². The number of benzene rings is 2. The minimum atomic E-state index is -1.20. The van der Waals surface area contributed by atoms with Crippen molar-refractivity contribution in [1.82, 2.24) is 14.5 Å². The lowest BCUT2D eigenvalue weighted by Crippen LogP contribution is -2.47. The molecule has 12 nitrogen and oxygen atoms in total. The van der Waals surface area contributed by atoms with Crippen LogP contribution in [0.4, 0.5) is 21.7 Å². The maximum Gasteiger partial charge on any atom is 0.298 e. The second kappa shape index (κ2) is 10.7. The predicted molar refractivity (Wildman–Crippen MR) is 148 cm³/mol. The molecule has 5 rings (SSSR count). The molecule has 0 unspecified atom stereocenters. The Bertz CT molecular complexity index is 1600. The predicted octanol–water partition coefficient (Wildman–Crippen LogP) is 2.90. The number of piperazine rings is 1. The maximum atomic E-state index is 13.3. The first-order valence-electron chi connectivity index (χ1n) is 12.6. The number of anilines is 3. The van der Waals surface area contributed by atoms with Crippen molar-refractivity contribution in [2.45, 2.75) is 6.92 Å². The van der Waals surface area contributed by atoms with Crippen LogP contribution in [0.3, 0.4) is 0 Å². The highest BCUT2D eigenvalue weighted by Gasteiger charge is 2.32. The maximum absolute atomic E-state index is 13.3. The van der Waals surface area contributed by atoms with Gasteiger partial charge in [0, 0.05) is 44.5 Å². The van der Waals surface area contributed by atoms with E-state index in [2.05, 4.69) is 15.3 Å². The Morgan fingerprint density at radius 1 is 0.878 bits per heavy atom. The normalized spacial score (nSPS) is 13.3. The topological polar surface area (TPSA) is 164 Å². The fourth-order valence-electron chi connectivity index (χ4n) is 4.82. The molecule has 1 aliphatic heterocycles. The monoisotopic (exact) mass is 562 g/mol. The summed E-state index contributed by atoms with van der Waals surface area (Å²) in [6, 6.07) is 10.8. The Morgan fingerprint density at radius 2 is 1.44 bits per heavy atom. The van der Waals surface area contributed by atoms with Gasteiger partial charge in [0.15, 0.2) is 28.8 Å². The van der Waals surface area contributed by atoms with Crippen molar-refractivity contribution in [3.05, 3.63) is 66.0 Å². The van der Waals surface area contributed by atoms with E-state index < -0.39 is 46.2 Å². The Morgan fingerprint density at radius 3 is 2.02 bits per heavy atom. The van der Waals surface area contributed by atoms with Gasteiger partial charge >= 0.3 is 0 Å². The summed E-state index contributed by atoms with van der Waals surface area (Å²) in [5, 5.41) is 45.1. The van der Waals surface area contributed by atoms with E-state index in [1.165, 1.54) is 4.90 Å². The third kappa shape index (κ3) is 4.93. The van der Waals surface area contributed by atoms with Gasteiger partial charge in [0.05, 0.1) is 12.4 Å². The van der Waals surface area contributed by atoms with E-state index in [9.17, 15) is 34.4 Å². The quantitative estimate of drug-likeness (QED) is 0.102. The van der Waals surface area contributed by atoms with Crippen molar-refractivity contribution in [3.8, 4) is 34.1 Å². The molecule has 13 heteroatoms. The summed E-state index contributed by atoms with van der Waals surface area (Å²) in [6.07, 6.45) is 2.09. The molecule has 5 N–H and O–H groups in total. The average molecular weight is 563 g/mol. The zero-order chi connectivity index (χ0) is 29.4. The highest BCUT2D eigenvalue weighted by atomic mass is 19.1. The number of phenolic OH excluding ortho intramolecular Hbond substituents is 4. The fourth-order valence-corrected chi connectivity index (χ4v) is 4.82. The number of hydrogen-bond donors (Lipinski definition) is 5. The lowest BCUT2D eigenvalue weighted by Gasteiger charge is -2.36. The SMILES string of the molecule is Cc1cc(-c2ccccc2)c(C(=O)C(=O)Nc2c(O)c(O)c(N3CCN(c4ncc(F)cn4)CC3)c(O)c2O)n1C. The number of halogens is 1. The molecule has 1 amide bonds. The van der Waals surface area contributed by atoms with Gasteiger partial charge in [-0.1, -0.05) is 30.3 Å². The summed E-state index contributed by atoms with van der Waals surface area (Å²) in [4.78, 5) is 37.5. The Kier molecular flexibility index (Phi) is 7.10. The largest absolute Gasteiger partial charge is 0.503 e. The van der Waals surface area contributed by atoms with Crippen LogP contribution in [0.5, 0.6) is 23.0 Å². The van der Waals surface area contributed by atoms with Crippen LogP contribution in [0.15, 0.2) is 48.8 Å². The Balaban J connectivity index is 1.38. The third-order valence-electron chi connectivity index (χ3n) is 7.07. The first kappa shape index (κ1) is 27.2. The smallest absolute Gasteiger partial charge is 0.298 e. The number of carbonyl (C=O) groups excluding carboxylic acids is 2. The molecule has 4 aromatic rings. The van der Waals surface area contributed by atoms with E-state index >= 15 is 0 Å². The average Bonchev–Trinajstić information content (AvgIpc) is 3.28. The molecule has 1 aliphatic rings. The summed E-state index contributed by atoms with van der Waals surface area (Å²) < 4.78 is 14.7. The standard InChI is InChI=1S/C28H27FN6O6/c1-15-12-18(16-6-4-3-5-7-16)20(33(15)2)26(40)27(41)32-19-22(36)24(38)21(25(39)23(19)37)34-8-10-35(11-9-34)28-30-13-17(29)14-31-28/h3-7,12-14,36-39H,8-11H2,1-2H3,(H,32,41). The first-order valence-corrected chi connectivity index (χ1v) is 12.6. The molecule has 1 saturated heterocycles. The number of phenols is 4.